The standard InChI is InChI=1S/C11H15ClN3.C2H6/c1-15(2,3)7-8-5-13-11-10(8)4-9(12)6-14-11;1-2/h4-6H,7H2,1-3H3,(H,13,14);1-2H3/q+1;. The minimum atomic E-state index is 0.685. The molecule has 0 bridgehead atoms. The number of hydrogen-bond acceptors (Lipinski definition) is 1. The van der Waals surface area contributed by atoms with Gasteiger partial charge in [-0.2, -0.15) is 0 Å². The molecule has 17 heavy (non-hydrogen) atoms. The molecule has 0 aliphatic rings. The van der Waals surface area contributed by atoms with Crippen LogP contribution in [-0.2, 0) is 6.54 Å². The number of rotatable bonds is 2. The highest BCUT2D eigenvalue weighted by molar-refractivity contribution is 6.31. The van der Waals surface area contributed by atoms with Crippen molar-refractivity contribution in [3.63, 3.8) is 0 Å². The summed E-state index contributed by atoms with van der Waals surface area (Å²) >= 11 is 5.94. The summed E-state index contributed by atoms with van der Waals surface area (Å²) in [7, 11) is 6.49. The fourth-order valence-corrected chi connectivity index (χ4v) is 1.83. The Labute approximate surface area is 108 Å². The molecule has 0 atom stereocenters. The number of aromatic nitrogens is 2. The lowest BCUT2D eigenvalue weighted by molar-refractivity contribution is -0.883. The molecule has 3 nitrogen and oxygen atoms in total. The number of aromatic amines is 1. The number of fused-ring (bicyclic) bond motifs is 1. The first-order chi connectivity index (χ1) is 7.96. The van der Waals surface area contributed by atoms with Gasteiger partial charge < -0.3 is 9.47 Å². The highest BCUT2D eigenvalue weighted by Crippen LogP contribution is 2.21. The first-order valence-electron chi connectivity index (χ1n) is 5.88. The van der Waals surface area contributed by atoms with Crippen LogP contribution in [0.4, 0.5) is 0 Å². The Kier molecular flexibility index (Phi) is 4.54. The van der Waals surface area contributed by atoms with Crippen LogP contribution in [-0.4, -0.2) is 35.6 Å². The second kappa shape index (κ2) is 5.52. The summed E-state index contributed by atoms with van der Waals surface area (Å²) < 4.78 is 0.888. The lowest BCUT2D eigenvalue weighted by Crippen LogP contribution is -2.33. The Hall–Kier alpha value is -1.06. The van der Waals surface area contributed by atoms with E-state index in [1.54, 1.807) is 6.20 Å². The first-order valence-corrected chi connectivity index (χ1v) is 6.25. The van der Waals surface area contributed by atoms with E-state index in [1.807, 2.05) is 26.1 Å². The van der Waals surface area contributed by atoms with Crippen molar-refractivity contribution in [2.24, 2.45) is 0 Å². The minimum absolute atomic E-state index is 0.685. The van der Waals surface area contributed by atoms with Gasteiger partial charge in [-0.1, -0.05) is 25.4 Å². The molecule has 2 aromatic heterocycles. The Balaban J connectivity index is 0.000000686. The molecule has 2 rings (SSSR count). The second-order valence-electron chi connectivity index (χ2n) is 4.81. The van der Waals surface area contributed by atoms with Gasteiger partial charge in [-0.3, -0.25) is 0 Å². The van der Waals surface area contributed by atoms with Crippen LogP contribution in [0.5, 0.6) is 0 Å². The van der Waals surface area contributed by atoms with Crippen molar-refractivity contribution in [1.29, 1.82) is 0 Å². The van der Waals surface area contributed by atoms with E-state index in [2.05, 4.69) is 31.1 Å². The molecule has 0 fully saturated rings. The van der Waals surface area contributed by atoms with E-state index in [-0.39, 0.29) is 0 Å². The molecule has 0 aromatic carbocycles. The van der Waals surface area contributed by atoms with Crippen LogP contribution in [0.25, 0.3) is 11.0 Å². The van der Waals surface area contributed by atoms with E-state index in [0.717, 1.165) is 22.1 Å². The minimum Gasteiger partial charge on any atom is -0.346 e. The van der Waals surface area contributed by atoms with Gasteiger partial charge in [-0.25, -0.2) is 4.98 Å². The average molecular weight is 255 g/mol. The van der Waals surface area contributed by atoms with Crippen molar-refractivity contribution < 1.29 is 4.48 Å². The highest BCUT2D eigenvalue weighted by atomic mass is 35.5. The SMILES string of the molecule is CC.C[N+](C)(C)Cc1c[nH]c2ncc(Cl)cc12. The molecule has 1 N–H and O–H groups in total. The van der Waals surface area contributed by atoms with Gasteiger partial charge in [0, 0.05) is 23.3 Å². The Morgan fingerprint density at radius 1 is 1.29 bits per heavy atom. The molecule has 0 unspecified atom stereocenters. The predicted molar refractivity (Wildman–Crippen MR) is 74.2 cm³/mol. The van der Waals surface area contributed by atoms with Crippen molar-refractivity contribution >= 4 is 22.6 Å². The maximum absolute atomic E-state index is 5.94. The van der Waals surface area contributed by atoms with E-state index in [0.29, 0.717) is 5.02 Å². The maximum atomic E-state index is 5.94. The molecule has 0 aliphatic carbocycles. The molecule has 0 saturated carbocycles. The van der Waals surface area contributed by atoms with Crippen molar-refractivity contribution in [3.8, 4) is 0 Å². The Bertz CT molecular complexity index is 483. The summed E-state index contributed by atoms with van der Waals surface area (Å²) in [5, 5.41) is 1.81. The lowest BCUT2D eigenvalue weighted by atomic mass is 10.2. The summed E-state index contributed by atoms with van der Waals surface area (Å²) in [6, 6.07) is 1.96. The van der Waals surface area contributed by atoms with Gasteiger partial charge in [0.1, 0.15) is 12.2 Å². The van der Waals surface area contributed by atoms with Crippen LogP contribution in [0.2, 0.25) is 5.02 Å². The lowest BCUT2D eigenvalue weighted by Gasteiger charge is -2.23. The number of hydrogen-bond donors (Lipinski definition) is 1. The number of quaternary nitrogens is 1. The quantitative estimate of drug-likeness (QED) is 0.817. The van der Waals surface area contributed by atoms with Gasteiger partial charge in [0.15, 0.2) is 0 Å². The molecule has 0 aliphatic heterocycles. The topological polar surface area (TPSA) is 28.7 Å². The predicted octanol–water partition coefficient (Wildman–Crippen LogP) is 3.45. The van der Waals surface area contributed by atoms with Crippen LogP contribution in [0.3, 0.4) is 0 Å². The Morgan fingerprint density at radius 3 is 2.53 bits per heavy atom. The molecule has 4 heteroatoms. The fraction of sp³-hybridized carbons (Fsp3) is 0.462. The first kappa shape index (κ1) is 14.0. The fourth-order valence-electron chi connectivity index (χ4n) is 1.67. The number of nitrogens with one attached hydrogen (secondary N) is 1. The number of nitrogens with zero attached hydrogens (tertiary/aromatic N) is 2. The number of halogens is 1. The molecule has 2 aromatic rings. The third-order valence-electron chi connectivity index (χ3n) is 2.23. The molecule has 0 radical (unpaired) electrons. The van der Waals surface area contributed by atoms with Crippen LogP contribution in [0.15, 0.2) is 18.5 Å². The molecule has 0 amide bonds. The third kappa shape index (κ3) is 3.72. The van der Waals surface area contributed by atoms with Gasteiger partial charge in [0.05, 0.1) is 26.2 Å². The van der Waals surface area contributed by atoms with Crippen LogP contribution < -0.4 is 0 Å². The van der Waals surface area contributed by atoms with E-state index < -0.39 is 0 Å². The summed E-state index contributed by atoms with van der Waals surface area (Å²) in [6.45, 7) is 4.96. The van der Waals surface area contributed by atoms with Gasteiger partial charge in [0.25, 0.3) is 0 Å². The number of H-pyrrole nitrogens is 1. The summed E-state index contributed by atoms with van der Waals surface area (Å²) in [4.78, 5) is 7.40. The van der Waals surface area contributed by atoms with E-state index in [4.69, 9.17) is 11.6 Å². The maximum Gasteiger partial charge on any atom is 0.137 e. The summed E-state index contributed by atoms with van der Waals surface area (Å²) in [5.41, 5.74) is 2.16. The van der Waals surface area contributed by atoms with Gasteiger partial charge in [0.2, 0.25) is 0 Å². The van der Waals surface area contributed by atoms with Crippen molar-refractivity contribution in [2.45, 2.75) is 20.4 Å². The third-order valence-corrected chi connectivity index (χ3v) is 2.43. The van der Waals surface area contributed by atoms with Crippen LogP contribution in [0, 0.1) is 0 Å². The molecule has 94 valence electrons. The van der Waals surface area contributed by atoms with Gasteiger partial charge in [-0.15, -0.1) is 0 Å². The van der Waals surface area contributed by atoms with Gasteiger partial charge in [-0.05, 0) is 6.07 Å². The van der Waals surface area contributed by atoms with Crippen molar-refractivity contribution in [3.05, 3.63) is 29.0 Å². The van der Waals surface area contributed by atoms with Crippen molar-refractivity contribution in [1.82, 2.24) is 9.97 Å². The zero-order valence-corrected chi connectivity index (χ0v) is 12.0. The monoisotopic (exact) mass is 254 g/mol. The molecule has 2 heterocycles. The van der Waals surface area contributed by atoms with Crippen LogP contribution in [0.1, 0.15) is 19.4 Å². The van der Waals surface area contributed by atoms with E-state index in [1.165, 1.54) is 5.56 Å². The smallest absolute Gasteiger partial charge is 0.137 e. The van der Waals surface area contributed by atoms with E-state index in [9.17, 15) is 0 Å². The molecule has 0 saturated heterocycles. The largest absolute Gasteiger partial charge is 0.346 e. The van der Waals surface area contributed by atoms with Crippen molar-refractivity contribution in [2.75, 3.05) is 21.1 Å². The summed E-state index contributed by atoms with van der Waals surface area (Å²) in [5.74, 6) is 0. The molecular weight excluding hydrogens is 234 g/mol. The van der Waals surface area contributed by atoms with Gasteiger partial charge >= 0.3 is 0 Å². The number of pyridine rings is 1. The molecular formula is C13H21ClN3+. The zero-order chi connectivity index (χ0) is 13.1. The molecule has 0 spiro atoms. The Morgan fingerprint density at radius 2 is 1.94 bits per heavy atom. The zero-order valence-electron chi connectivity index (χ0n) is 11.2. The van der Waals surface area contributed by atoms with Crippen LogP contribution >= 0.6 is 11.6 Å². The average Bonchev–Trinajstić information content (AvgIpc) is 2.62. The normalized spacial score (nSPS) is 11.2. The summed E-state index contributed by atoms with van der Waals surface area (Å²) in [6.07, 6.45) is 3.67. The van der Waals surface area contributed by atoms with E-state index >= 15 is 0 Å². The highest BCUT2D eigenvalue weighted by Gasteiger charge is 2.13. The second-order valence-corrected chi connectivity index (χ2v) is 5.25.